The molecule has 6 heteroatoms. The quantitative estimate of drug-likeness (QED) is 0.334. The van der Waals surface area contributed by atoms with Gasteiger partial charge >= 0.3 is 5.97 Å². The third-order valence-corrected chi connectivity index (χ3v) is 18.4. The van der Waals surface area contributed by atoms with Crippen molar-refractivity contribution in [2.75, 3.05) is 6.61 Å². The molecule has 4 rings (SSSR count). The number of esters is 1. The van der Waals surface area contributed by atoms with Crippen LogP contribution in [-0.2, 0) is 18.4 Å². The van der Waals surface area contributed by atoms with Gasteiger partial charge in [0.25, 0.3) is 8.32 Å². The highest BCUT2D eigenvalue weighted by molar-refractivity contribution is 6.99. The number of hydrogen-bond donors (Lipinski definition) is 0. The van der Waals surface area contributed by atoms with Gasteiger partial charge < -0.3 is 13.6 Å². The molecule has 1 saturated carbocycles. The lowest BCUT2D eigenvalue weighted by molar-refractivity contribution is -0.141. The molecule has 2 aromatic carbocycles. The molecule has 0 radical (unpaired) electrons. The van der Waals surface area contributed by atoms with Crippen LogP contribution in [0.4, 0.5) is 0 Å². The van der Waals surface area contributed by atoms with Gasteiger partial charge in [-0.3, -0.25) is 4.79 Å². The van der Waals surface area contributed by atoms with Gasteiger partial charge in [-0.25, -0.2) is 0 Å². The third kappa shape index (κ3) is 5.02. The molecule has 0 N–H and O–H groups in total. The Hall–Kier alpha value is -1.74. The molecule has 196 valence electrons. The SMILES string of the molecule is CC(C)(C)[Si](C)(C)OC[C@H]1[C@H](O[Si](c2ccccc2)(c2ccccc2)C(C)(C)C)CC2OC(=O)C[C@@H]21. The molecule has 2 fully saturated rings. The molecule has 4 nitrogen and oxygen atoms in total. The lowest BCUT2D eigenvalue weighted by Gasteiger charge is -2.46. The van der Waals surface area contributed by atoms with E-state index in [-0.39, 0.29) is 40.1 Å². The van der Waals surface area contributed by atoms with Gasteiger partial charge in [0, 0.05) is 24.9 Å². The summed E-state index contributed by atoms with van der Waals surface area (Å²) in [5, 5.41) is 2.58. The van der Waals surface area contributed by atoms with Crippen LogP contribution in [-0.4, -0.2) is 41.4 Å². The molecule has 1 aliphatic carbocycles. The highest BCUT2D eigenvalue weighted by Crippen LogP contribution is 2.47. The summed E-state index contributed by atoms with van der Waals surface area (Å²) in [5.41, 5.74) is 0. The first kappa shape index (κ1) is 27.3. The van der Waals surface area contributed by atoms with Gasteiger partial charge in [0.05, 0.1) is 12.5 Å². The molecule has 0 bridgehead atoms. The Labute approximate surface area is 220 Å². The van der Waals surface area contributed by atoms with Crippen molar-refractivity contribution in [1.29, 1.82) is 0 Å². The molecule has 4 atom stereocenters. The van der Waals surface area contributed by atoms with Gasteiger partial charge in [-0.05, 0) is 33.5 Å². The second kappa shape index (κ2) is 9.86. The second-order valence-corrected chi connectivity index (χ2v) is 22.2. The molecule has 0 spiro atoms. The highest BCUT2D eigenvalue weighted by Gasteiger charge is 2.57. The summed E-state index contributed by atoms with van der Waals surface area (Å²) in [6, 6.07) is 21.6. The van der Waals surface area contributed by atoms with Crippen molar-refractivity contribution >= 4 is 33.0 Å². The number of carbonyl (C=O) groups excluding carboxylic acids is 1. The summed E-state index contributed by atoms with van der Waals surface area (Å²) in [4.78, 5) is 12.3. The van der Waals surface area contributed by atoms with Crippen molar-refractivity contribution in [2.45, 2.75) is 89.8 Å². The fraction of sp³-hybridized carbons (Fsp3) is 0.567. The van der Waals surface area contributed by atoms with Crippen molar-refractivity contribution < 1.29 is 18.4 Å². The predicted octanol–water partition coefficient (Wildman–Crippen LogP) is 5.91. The van der Waals surface area contributed by atoms with Gasteiger partial charge in [-0.2, -0.15) is 0 Å². The molecule has 36 heavy (non-hydrogen) atoms. The first-order chi connectivity index (χ1) is 16.8. The molecule has 1 saturated heterocycles. The molecule has 1 aliphatic heterocycles. The molecule has 0 amide bonds. The second-order valence-electron chi connectivity index (χ2n) is 13.2. The Kier molecular flexibility index (Phi) is 7.48. The maximum atomic E-state index is 12.3. The number of rotatable bonds is 7. The normalized spacial score (nSPS) is 25.1. The highest BCUT2D eigenvalue weighted by atomic mass is 28.4. The van der Waals surface area contributed by atoms with Crippen LogP contribution in [0.1, 0.15) is 54.4 Å². The van der Waals surface area contributed by atoms with Gasteiger partial charge in [0.1, 0.15) is 6.10 Å². The summed E-state index contributed by atoms with van der Waals surface area (Å²) in [6.45, 7) is 19.0. The Morgan fingerprint density at radius 3 is 1.86 bits per heavy atom. The Balaban J connectivity index is 1.75. The van der Waals surface area contributed by atoms with E-state index in [1.54, 1.807) is 0 Å². The minimum Gasteiger partial charge on any atom is -0.462 e. The first-order valence-electron chi connectivity index (χ1n) is 13.4. The van der Waals surface area contributed by atoms with E-state index in [4.69, 9.17) is 13.6 Å². The largest absolute Gasteiger partial charge is 0.462 e. The standard InChI is InChI=1S/C30H44O4Si2/c1-29(2,3)35(7,8)32-21-25-24-19-28(31)33-26(24)20-27(25)34-36(30(4,5)6,22-15-11-9-12-16-22)23-17-13-10-14-18-23/h9-18,24-27H,19-21H2,1-8H3/t24-,25-,26?,27-/m1/s1. The topological polar surface area (TPSA) is 44.8 Å². The number of hydrogen-bond acceptors (Lipinski definition) is 4. The van der Waals surface area contributed by atoms with Crippen LogP contribution in [0, 0.1) is 11.8 Å². The molecule has 1 unspecified atom stereocenters. The molecule has 2 aliphatic rings. The van der Waals surface area contributed by atoms with Crippen LogP contribution in [0.2, 0.25) is 23.2 Å². The van der Waals surface area contributed by atoms with Gasteiger partial charge in [0.2, 0.25) is 0 Å². The van der Waals surface area contributed by atoms with Gasteiger partial charge in [0.15, 0.2) is 8.32 Å². The van der Waals surface area contributed by atoms with E-state index in [1.807, 2.05) is 0 Å². The van der Waals surface area contributed by atoms with Crippen molar-refractivity contribution in [3.8, 4) is 0 Å². The predicted molar refractivity (Wildman–Crippen MR) is 152 cm³/mol. The monoisotopic (exact) mass is 524 g/mol. The maximum absolute atomic E-state index is 12.3. The molecule has 0 aromatic heterocycles. The number of ether oxygens (including phenoxy) is 1. The molecule has 1 heterocycles. The first-order valence-corrected chi connectivity index (χ1v) is 18.2. The van der Waals surface area contributed by atoms with E-state index < -0.39 is 16.6 Å². The van der Waals surface area contributed by atoms with Gasteiger partial charge in [-0.1, -0.05) is 102 Å². The van der Waals surface area contributed by atoms with Crippen molar-refractivity contribution in [2.24, 2.45) is 11.8 Å². The minimum atomic E-state index is -2.72. The summed E-state index contributed by atoms with van der Waals surface area (Å²) < 4.78 is 20.1. The van der Waals surface area contributed by atoms with Crippen LogP contribution in [0.3, 0.4) is 0 Å². The van der Waals surface area contributed by atoms with Crippen LogP contribution >= 0.6 is 0 Å². The third-order valence-electron chi connectivity index (χ3n) is 8.84. The summed E-state index contributed by atoms with van der Waals surface area (Å²) in [5.74, 6) is 0.217. The summed E-state index contributed by atoms with van der Waals surface area (Å²) in [6.07, 6.45) is 1.11. The minimum absolute atomic E-state index is 0.0239. The smallest absolute Gasteiger partial charge is 0.306 e. The van der Waals surface area contributed by atoms with E-state index in [2.05, 4.69) is 115 Å². The fourth-order valence-corrected chi connectivity index (χ4v) is 11.5. The number of fused-ring (bicyclic) bond motifs is 1. The van der Waals surface area contributed by atoms with Crippen molar-refractivity contribution in [3.05, 3.63) is 60.7 Å². The number of benzene rings is 2. The summed E-state index contributed by atoms with van der Waals surface area (Å²) in [7, 11) is -4.67. The molecular formula is C30H44O4Si2. The van der Waals surface area contributed by atoms with Crippen LogP contribution < -0.4 is 10.4 Å². The maximum Gasteiger partial charge on any atom is 0.306 e. The number of carbonyl (C=O) groups is 1. The lowest BCUT2D eigenvalue weighted by Crippen LogP contribution is -2.68. The van der Waals surface area contributed by atoms with E-state index in [0.29, 0.717) is 13.0 Å². The van der Waals surface area contributed by atoms with E-state index in [0.717, 1.165) is 6.42 Å². The van der Waals surface area contributed by atoms with E-state index in [9.17, 15) is 4.79 Å². The lowest BCUT2D eigenvalue weighted by atomic mass is 9.93. The zero-order chi connectivity index (χ0) is 26.4. The zero-order valence-corrected chi connectivity index (χ0v) is 25.3. The average Bonchev–Trinajstić information content (AvgIpc) is 3.31. The summed E-state index contributed by atoms with van der Waals surface area (Å²) >= 11 is 0. The molecular weight excluding hydrogens is 480 g/mol. The Morgan fingerprint density at radius 1 is 0.861 bits per heavy atom. The van der Waals surface area contributed by atoms with Crippen LogP contribution in [0.25, 0.3) is 0 Å². The van der Waals surface area contributed by atoms with Crippen molar-refractivity contribution in [3.63, 3.8) is 0 Å². The fourth-order valence-electron chi connectivity index (χ4n) is 5.76. The molecule has 2 aromatic rings. The van der Waals surface area contributed by atoms with Crippen LogP contribution in [0.5, 0.6) is 0 Å². The Morgan fingerprint density at radius 2 is 1.39 bits per heavy atom. The Bertz CT molecular complexity index is 1000. The van der Waals surface area contributed by atoms with E-state index in [1.165, 1.54) is 10.4 Å². The van der Waals surface area contributed by atoms with Crippen LogP contribution in [0.15, 0.2) is 60.7 Å². The average molecular weight is 525 g/mol. The van der Waals surface area contributed by atoms with Gasteiger partial charge in [-0.15, -0.1) is 0 Å². The zero-order valence-electron chi connectivity index (χ0n) is 23.3. The van der Waals surface area contributed by atoms with Crippen molar-refractivity contribution in [1.82, 2.24) is 0 Å². The van der Waals surface area contributed by atoms with E-state index >= 15 is 0 Å².